The number of nitrogens with zero attached hydrogens (tertiary/aromatic N) is 1. The second-order valence-electron chi connectivity index (χ2n) is 5.19. The molecule has 4 heteroatoms. The van der Waals surface area contributed by atoms with Crippen molar-refractivity contribution in [3.05, 3.63) is 70.3 Å². The highest BCUT2D eigenvalue weighted by Crippen LogP contribution is 2.30. The highest BCUT2D eigenvalue weighted by Gasteiger charge is 2.17. The van der Waals surface area contributed by atoms with Crippen LogP contribution in [0.3, 0.4) is 0 Å². The van der Waals surface area contributed by atoms with Crippen LogP contribution in [-0.4, -0.2) is 15.3 Å². The summed E-state index contributed by atoms with van der Waals surface area (Å²) in [5.74, 6) is 0. The first-order chi connectivity index (χ1) is 10.1. The quantitative estimate of drug-likeness (QED) is 0.662. The number of hydrogen-bond donors (Lipinski definition) is 2. The Morgan fingerprint density at radius 2 is 1.95 bits per heavy atom. The van der Waals surface area contributed by atoms with E-state index in [4.69, 9.17) is 0 Å². The third-order valence-corrected chi connectivity index (χ3v) is 4.25. The maximum absolute atomic E-state index is 10.4. The van der Waals surface area contributed by atoms with Gasteiger partial charge in [-0.3, -0.25) is 0 Å². The molecule has 0 fully saturated rings. The van der Waals surface area contributed by atoms with Gasteiger partial charge in [0.05, 0.1) is 6.04 Å². The lowest BCUT2D eigenvalue weighted by atomic mass is 10.1. The Morgan fingerprint density at radius 1 is 1.19 bits per heavy atom. The Bertz CT molecular complexity index is 739. The first kappa shape index (κ1) is 14.3. The topological polar surface area (TPSA) is 39.3 Å². The van der Waals surface area contributed by atoms with Crippen LogP contribution in [0.2, 0.25) is 0 Å². The Morgan fingerprint density at radius 3 is 2.71 bits per heavy atom. The van der Waals surface area contributed by atoms with Crippen molar-refractivity contribution in [3.8, 4) is 0 Å². The minimum absolute atomic E-state index is 0.0896. The van der Waals surface area contributed by atoms with E-state index in [1.807, 2.05) is 55.6 Å². The van der Waals surface area contributed by atoms with Crippen LogP contribution in [0.15, 0.2) is 59.2 Å². The molecular weight excluding hydrogens is 328 g/mol. The first-order valence-electron chi connectivity index (χ1n) is 6.91. The van der Waals surface area contributed by atoms with Crippen LogP contribution in [0.1, 0.15) is 24.1 Å². The lowest BCUT2D eigenvalue weighted by molar-refractivity contribution is -0.131. The van der Waals surface area contributed by atoms with Gasteiger partial charge >= 0.3 is 0 Å². The molecule has 1 heterocycles. The average molecular weight is 345 g/mol. The Kier molecular flexibility index (Phi) is 4.10. The molecule has 108 valence electrons. The molecule has 0 saturated carbocycles. The van der Waals surface area contributed by atoms with Crippen LogP contribution in [0, 0.1) is 0 Å². The van der Waals surface area contributed by atoms with Crippen LogP contribution in [0.5, 0.6) is 0 Å². The zero-order valence-corrected chi connectivity index (χ0v) is 13.3. The van der Waals surface area contributed by atoms with Crippen molar-refractivity contribution in [1.29, 1.82) is 0 Å². The molecule has 0 spiro atoms. The summed E-state index contributed by atoms with van der Waals surface area (Å²) < 4.78 is 1.04. The predicted molar refractivity (Wildman–Crippen MR) is 88.2 cm³/mol. The van der Waals surface area contributed by atoms with Crippen molar-refractivity contribution in [2.45, 2.75) is 19.5 Å². The van der Waals surface area contributed by atoms with Crippen LogP contribution < -0.4 is 0 Å². The second-order valence-corrected chi connectivity index (χ2v) is 6.11. The molecule has 0 aliphatic rings. The number of hydroxylamine groups is 2. The molecule has 0 bridgehead atoms. The molecule has 2 aromatic carbocycles. The van der Waals surface area contributed by atoms with E-state index < -0.39 is 0 Å². The number of aromatic nitrogens is 1. The molecule has 3 rings (SSSR count). The summed E-state index contributed by atoms with van der Waals surface area (Å²) in [7, 11) is 0. The molecule has 3 nitrogen and oxygen atoms in total. The second kappa shape index (κ2) is 6.02. The number of rotatable bonds is 4. The van der Waals surface area contributed by atoms with Crippen molar-refractivity contribution in [2.75, 3.05) is 0 Å². The summed E-state index contributed by atoms with van der Waals surface area (Å²) in [6.07, 6.45) is 1.97. The number of fused-ring (bicyclic) bond motifs is 1. The van der Waals surface area contributed by atoms with Crippen molar-refractivity contribution in [3.63, 3.8) is 0 Å². The SMILES string of the molecule is CC(c1c[nH]c2ccc(Br)cc12)N(O)Cc1ccccc1. The van der Waals surface area contributed by atoms with Gasteiger partial charge in [-0.1, -0.05) is 46.3 Å². The largest absolute Gasteiger partial charge is 0.361 e. The van der Waals surface area contributed by atoms with Gasteiger partial charge in [-0.2, -0.15) is 5.06 Å². The lowest BCUT2D eigenvalue weighted by Gasteiger charge is -2.22. The van der Waals surface area contributed by atoms with Gasteiger partial charge in [0.25, 0.3) is 0 Å². The highest BCUT2D eigenvalue weighted by molar-refractivity contribution is 9.10. The highest BCUT2D eigenvalue weighted by atomic mass is 79.9. The number of nitrogens with one attached hydrogen (secondary N) is 1. The van der Waals surface area contributed by atoms with Gasteiger partial charge in [0.2, 0.25) is 0 Å². The fourth-order valence-electron chi connectivity index (χ4n) is 2.53. The molecule has 2 N–H and O–H groups in total. The van der Waals surface area contributed by atoms with Crippen LogP contribution in [0.4, 0.5) is 0 Å². The van der Waals surface area contributed by atoms with Crippen molar-refractivity contribution < 1.29 is 5.21 Å². The molecule has 0 radical (unpaired) electrons. The smallest absolute Gasteiger partial charge is 0.0596 e. The molecule has 0 saturated heterocycles. The van der Waals surface area contributed by atoms with Crippen molar-refractivity contribution in [1.82, 2.24) is 10.0 Å². The van der Waals surface area contributed by atoms with Crippen molar-refractivity contribution in [2.24, 2.45) is 0 Å². The molecule has 3 aromatic rings. The van der Waals surface area contributed by atoms with E-state index in [9.17, 15) is 5.21 Å². The summed E-state index contributed by atoms with van der Waals surface area (Å²) >= 11 is 3.50. The van der Waals surface area contributed by atoms with E-state index in [1.165, 1.54) is 5.06 Å². The molecule has 0 amide bonds. The van der Waals surface area contributed by atoms with Crippen molar-refractivity contribution >= 4 is 26.8 Å². The van der Waals surface area contributed by atoms with E-state index in [1.54, 1.807) is 0 Å². The van der Waals surface area contributed by atoms with E-state index in [2.05, 4.69) is 27.0 Å². The Hall–Kier alpha value is -1.62. The van der Waals surface area contributed by atoms with Crippen LogP contribution in [0.25, 0.3) is 10.9 Å². The normalized spacial score (nSPS) is 13.0. The first-order valence-corrected chi connectivity index (χ1v) is 7.70. The van der Waals surface area contributed by atoms with Gasteiger partial charge in [0.15, 0.2) is 0 Å². The maximum atomic E-state index is 10.4. The zero-order chi connectivity index (χ0) is 14.8. The molecule has 0 aliphatic carbocycles. The van der Waals surface area contributed by atoms with Gasteiger partial charge < -0.3 is 10.2 Å². The number of hydrogen-bond acceptors (Lipinski definition) is 2. The number of benzene rings is 2. The fourth-order valence-corrected chi connectivity index (χ4v) is 2.89. The summed E-state index contributed by atoms with van der Waals surface area (Å²) in [6, 6.07) is 16.0. The number of aromatic amines is 1. The average Bonchev–Trinajstić information content (AvgIpc) is 2.90. The van der Waals surface area contributed by atoms with E-state index in [-0.39, 0.29) is 6.04 Å². The monoisotopic (exact) mass is 344 g/mol. The summed E-state index contributed by atoms with van der Waals surface area (Å²) in [5, 5.41) is 12.9. The van der Waals surface area contributed by atoms with Gasteiger partial charge in [0.1, 0.15) is 0 Å². The lowest BCUT2D eigenvalue weighted by Crippen LogP contribution is -2.22. The van der Waals surface area contributed by atoms with Crippen LogP contribution >= 0.6 is 15.9 Å². The standard InChI is InChI=1S/C17H17BrN2O/c1-12(20(21)11-13-5-3-2-4-6-13)16-10-19-17-8-7-14(18)9-15(16)17/h2-10,12,19,21H,11H2,1H3. The minimum Gasteiger partial charge on any atom is -0.361 e. The molecule has 1 aromatic heterocycles. The molecule has 21 heavy (non-hydrogen) atoms. The van der Waals surface area contributed by atoms with Gasteiger partial charge in [-0.05, 0) is 36.2 Å². The Balaban J connectivity index is 1.86. The number of H-pyrrole nitrogens is 1. The van der Waals surface area contributed by atoms with E-state index in [0.717, 1.165) is 26.5 Å². The third kappa shape index (κ3) is 3.02. The zero-order valence-electron chi connectivity index (χ0n) is 11.8. The van der Waals surface area contributed by atoms with Crippen LogP contribution in [-0.2, 0) is 6.54 Å². The predicted octanol–water partition coefficient (Wildman–Crippen LogP) is 4.88. The summed E-state index contributed by atoms with van der Waals surface area (Å²) in [5.41, 5.74) is 3.26. The Labute approximate surface area is 132 Å². The van der Waals surface area contributed by atoms with E-state index in [0.29, 0.717) is 6.54 Å². The molecular formula is C17H17BrN2O. The van der Waals surface area contributed by atoms with E-state index >= 15 is 0 Å². The van der Waals surface area contributed by atoms with Gasteiger partial charge in [0, 0.05) is 28.1 Å². The molecule has 0 aliphatic heterocycles. The third-order valence-electron chi connectivity index (χ3n) is 3.76. The minimum atomic E-state index is -0.0896. The fraction of sp³-hybridized carbons (Fsp3) is 0.176. The van der Waals surface area contributed by atoms with Gasteiger partial charge in [-0.25, -0.2) is 0 Å². The molecule has 1 unspecified atom stereocenters. The number of halogens is 1. The van der Waals surface area contributed by atoms with Gasteiger partial charge in [-0.15, -0.1) is 0 Å². The summed E-state index contributed by atoms with van der Waals surface area (Å²) in [6.45, 7) is 2.51. The summed E-state index contributed by atoms with van der Waals surface area (Å²) in [4.78, 5) is 3.26. The molecule has 1 atom stereocenters. The maximum Gasteiger partial charge on any atom is 0.0596 e.